The summed E-state index contributed by atoms with van der Waals surface area (Å²) in [4.78, 5) is 28.9. The number of carbonyl (C=O) groups is 2. The summed E-state index contributed by atoms with van der Waals surface area (Å²) in [5, 5.41) is 6.50. The van der Waals surface area contributed by atoms with Crippen molar-refractivity contribution in [2.75, 3.05) is 44.6 Å². The van der Waals surface area contributed by atoms with Crippen molar-refractivity contribution in [2.45, 2.75) is 45.4 Å². The first-order chi connectivity index (χ1) is 13.0. The summed E-state index contributed by atoms with van der Waals surface area (Å²) in [6.07, 6.45) is 6.31. The average molecular weight is 450 g/mol. The smallest absolute Gasteiger partial charge is 0.239 e. The molecule has 2 aliphatic rings. The van der Waals surface area contributed by atoms with Crippen LogP contribution in [0.3, 0.4) is 0 Å². The Morgan fingerprint density at radius 2 is 1.83 bits per heavy atom. The van der Waals surface area contributed by atoms with Crippen molar-refractivity contribution in [2.24, 2.45) is 11.1 Å². The molecule has 1 aromatic heterocycles. The first kappa shape index (κ1) is 25.7. The highest BCUT2D eigenvalue weighted by atomic mass is 35.5. The van der Waals surface area contributed by atoms with Gasteiger partial charge in [-0.05, 0) is 31.7 Å². The molecule has 0 aromatic carbocycles. The van der Waals surface area contributed by atoms with Gasteiger partial charge in [-0.1, -0.05) is 24.4 Å². The van der Waals surface area contributed by atoms with Gasteiger partial charge in [-0.2, -0.15) is 0 Å². The highest BCUT2D eigenvalue weighted by Crippen LogP contribution is 2.38. The van der Waals surface area contributed by atoms with Crippen LogP contribution in [0, 0.1) is 12.3 Å². The van der Waals surface area contributed by atoms with Crippen molar-refractivity contribution in [3.05, 3.63) is 11.8 Å². The van der Waals surface area contributed by atoms with Crippen molar-refractivity contribution in [1.29, 1.82) is 0 Å². The number of piperazine rings is 1. The number of nitrogens with one attached hydrogen (secondary N) is 1. The Bertz CT molecular complexity index is 656. The first-order valence-corrected chi connectivity index (χ1v) is 9.93. The quantitative estimate of drug-likeness (QED) is 0.689. The molecule has 0 spiro atoms. The lowest BCUT2D eigenvalue weighted by atomic mass is 9.71. The number of amides is 2. The summed E-state index contributed by atoms with van der Waals surface area (Å²) in [6, 6.07) is 1.69. The van der Waals surface area contributed by atoms with Gasteiger partial charge in [0.2, 0.25) is 11.8 Å². The van der Waals surface area contributed by atoms with Crippen LogP contribution in [0.1, 0.15) is 44.3 Å². The third-order valence-corrected chi connectivity index (χ3v) is 5.86. The van der Waals surface area contributed by atoms with E-state index in [1.54, 1.807) is 13.0 Å². The minimum absolute atomic E-state index is 0. The predicted molar refractivity (Wildman–Crippen MR) is 117 cm³/mol. The molecule has 10 heteroatoms. The molecule has 1 aliphatic carbocycles. The van der Waals surface area contributed by atoms with Crippen LogP contribution in [-0.2, 0) is 9.59 Å². The molecule has 8 nitrogen and oxygen atoms in total. The van der Waals surface area contributed by atoms with Crippen molar-refractivity contribution < 1.29 is 14.1 Å². The number of halogens is 2. The van der Waals surface area contributed by atoms with E-state index in [4.69, 9.17) is 10.3 Å². The van der Waals surface area contributed by atoms with Crippen molar-refractivity contribution >= 4 is 42.4 Å². The Morgan fingerprint density at radius 3 is 2.38 bits per heavy atom. The molecule has 0 unspecified atom stereocenters. The largest absolute Gasteiger partial charge is 0.360 e. The molecule has 2 heterocycles. The normalized spacial score (nSPS) is 19.0. The van der Waals surface area contributed by atoms with E-state index in [0.29, 0.717) is 57.3 Å². The second-order valence-corrected chi connectivity index (χ2v) is 7.97. The van der Waals surface area contributed by atoms with Crippen LogP contribution in [0.25, 0.3) is 0 Å². The zero-order valence-corrected chi connectivity index (χ0v) is 18.7. The summed E-state index contributed by atoms with van der Waals surface area (Å²) >= 11 is 0. The van der Waals surface area contributed by atoms with Gasteiger partial charge in [0.05, 0.1) is 6.54 Å². The predicted octanol–water partition coefficient (Wildman–Crippen LogP) is 2.21. The first-order valence-electron chi connectivity index (χ1n) is 9.93. The number of aryl methyl sites for hydroxylation is 1. The summed E-state index contributed by atoms with van der Waals surface area (Å²) in [5.74, 6) is 1.19. The van der Waals surface area contributed by atoms with E-state index in [-0.39, 0.29) is 42.0 Å². The third-order valence-electron chi connectivity index (χ3n) is 5.86. The Balaban J connectivity index is 0.00000210. The molecule has 1 aliphatic heterocycles. The van der Waals surface area contributed by atoms with E-state index in [2.05, 4.69) is 15.4 Å². The Morgan fingerprint density at radius 1 is 1.17 bits per heavy atom. The molecule has 0 bridgehead atoms. The van der Waals surface area contributed by atoms with Gasteiger partial charge in [-0.25, -0.2) is 0 Å². The maximum absolute atomic E-state index is 12.8. The van der Waals surface area contributed by atoms with Crippen molar-refractivity contribution in [1.82, 2.24) is 15.0 Å². The minimum Gasteiger partial charge on any atom is -0.360 e. The fraction of sp³-hybridized carbons (Fsp3) is 0.737. The van der Waals surface area contributed by atoms with E-state index in [1.807, 2.05) is 4.90 Å². The molecule has 29 heavy (non-hydrogen) atoms. The molecule has 2 fully saturated rings. The van der Waals surface area contributed by atoms with Crippen molar-refractivity contribution in [3.63, 3.8) is 0 Å². The number of carbonyl (C=O) groups excluding carboxylic acids is 2. The third kappa shape index (κ3) is 7.13. The standard InChI is InChI=1S/C19H31N5O3.2ClH/c1-15-11-16(22-27-15)21-17(25)13-23-7-9-24(10-8-23)18(26)12-19(14-20)5-3-2-4-6-19;;/h11H,2-10,12-14,20H2,1H3,(H,21,22,25);2*1H. The fourth-order valence-electron chi connectivity index (χ4n) is 4.15. The highest BCUT2D eigenvalue weighted by molar-refractivity contribution is 5.91. The second-order valence-electron chi connectivity index (χ2n) is 7.97. The van der Waals surface area contributed by atoms with Crippen molar-refractivity contribution in [3.8, 4) is 0 Å². The fourth-order valence-corrected chi connectivity index (χ4v) is 4.15. The zero-order valence-electron chi connectivity index (χ0n) is 17.0. The molecule has 0 atom stereocenters. The maximum Gasteiger partial charge on any atom is 0.239 e. The zero-order chi connectivity index (χ0) is 19.3. The van der Waals surface area contributed by atoms with E-state index >= 15 is 0 Å². The van der Waals surface area contributed by atoms with Gasteiger partial charge in [0.15, 0.2) is 5.82 Å². The second kappa shape index (κ2) is 11.7. The van der Waals surface area contributed by atoms with Crippen LogP contribution in [-0.4, -0.2) is 66.0 Å². The molecule has 3 N–H and O–H groups in total. The van der Waals surface area contributed by atoms with Gasteiger partial charge in [0.25, 0.3) is 0 Å². The Kier molecular flexibility index (Phi) is 10.4. The lowest BCUT2D eigenvalue weighted by molar-refractivity contribution is -0.136. The van der Waals surface area contributed by atoms with Gasteiger partial charge >= 0.3 is 0 Å². The number of nitrogens with zero attached hydrogens (tertiary/aromatic N) is 3. The van der Waals surface area contributed by atoms with Crippen LogP contribution in [0.5, 0.6) is 0 Å². The summed E-state index contributed by atoms with van der Waals surface area (Å²) in [5.41, 5.74) is 6.02. The molecular weight excluding hydrogens is 417 g/mol. The van der Waals surface area contributed by atoms with Gasteiger partial charge in [-0.15, -0.1) is 24.8 Å². The lowest BCUT2D eigenvalue weighted by Crippen LogP contribution is -2.51. The summed E-state index contributed by atoms with van der Waals surface area (Å²) in [6.45, 7) is 5.40. The highest BCUT2D eigenvalue weighted by Gasteiger charge is 2.35. The molecule has 2 amide bonds. The SMILES string of the molecule is Cc1cc(NC(=O)CN2CCN(C(=O)CC3(CN)CCCCC3)CC2)no1.Cl.Cl. The van der Waals surface area contributed by atoms with Gasteiger partial charge in [-0.3, -0.25) is 14.5 Å². The van der Waals surface area contributed by atoms with Crippen LogP contribution in [0.2, 0.25) is 0 Å². The number of hydrogen-bond acceptors (Lipinski definition) is 6. The van der Waals surface area contributed by atoms with E-state index in [0.717, 1.165) is 12.8 Å². The van der Waals surface area contributed by atoms with E-state index < -0.39 is 0 Å². The number of nitrogens with two attached hydrogens (primary N) is 1. The lowest BCUT2D eigenvalue weighted by Gasteiger charge is -2.39. The molecule has 166 valence electrons. The van der Waals surface area contributed by atoms with Gasteiger partial charge in [0.1, 0.15) is 5.76 Å². The molecule has 1 aromatic rings. The Hall–Kier alpha value is -1.35. The molecule has 1 saturated heterocycles. The average Bonchev–Trinajstić information content (AvgIpc) is 3.07. The van der Waals surface area contributed by atoms with E-state index in [9.17, 15) is 9.59 Å². The minimum atomic E-state index is -0.118. The molecular formula is C19H33Cl2N5O3. The van der Waals surface area contributed by atoms with Crippen LogP contribution in [0.4, 0.5) is 5.82 Å². The molecule has 0 radical (unpaired) electrons. The van der Waals surface area contributed by atoms with Crippen LogP contribution < -0.4 is 11.1 Å². The number of rotatable bonds is 6. The number of anilines is 1. The summed E-state index contributed by atoms with van der Waals surface area (Å²) < 4.78 is 4.94. The number of aromatic nitrogens is 1. The number of hydrogen-bond donors (Lipinski definition) is 2. The monoisotopic (exact) mass is 449 g/mol. The van der Waals surface area contributed by atoms with Gasteiger partial charge in [0, 0.05) is 38.7 Å². The van der Waals surface area contributed by atoms with Crippen LogP contribution >= 0.6 is 24.8 Å². The van der Waals surface area contributed by atoms with E-state index in [1.165, 1.54) is 19.3 Å². The van der Waals surface area contributed by atoms with Gasteiger partial charge < -0.3 is 20.5 Å². The van der Waals surface area contributed by atoms with Crippen LogP contribution in [0.15, 0.2) is 10.6 Å². The molecule has 3 rings (SSSR count). The maximum atomic E-state index is 12.8. The Labute approximate surface area is 184 Å². The molecule has 1 saturated carbocycles. The summed E-state index contributed by atoms with van der Waals surface area (Å²) in [7, 11) is 0. The topological polar surface area (TPSA) is 105 Å².